The van der Waals surface area contributed by atoms with Crippen molar-refractivity contribution in [3.05, 3.63) is 16.1 Å². The first-order valence-corrected chi connectivity index (χ1v) is 5.59. The molecule has 0 amide bonds. The second-order valence-electron chi connectivity index (χ2n) is 3.48. The summed E-state index contributed by atoms with van der Waals surface area (Å²) in [6.07, 6.45) is 2.44. The topological polar surface area (TPSA) is 63.3 Å². The highest BCUT2D eigenvalue weighted by atomic mass is 127. The average molecular weight is 338 g/mol. The Kier molecular flexibility index (Phi) is 4.78. The van der Waals surface area contributed by atoms with E-state index >= 15 is 0 Å². The minimum atomic E-state index is 0. The summed E-state index contributed by atoms with van der Waals surface area (Å²) >= 11 is 1.62. The van der Waals surface area contributed by atoms with Crippen LogP contribution in [0.15, 0.2) is 10.5 Å². The standard InChI is InChI=1S/C9H14N4S.HI/c1-6-8(14-5-12-6)4-11-9(10)13-7-2-3-7;/h5,7H,2-4H2,1H3,(H3,10,11,13);1H. The van der Waals surface area contributed by atoms with E-state index in [1.807, 2.05) is 12.4 Å². The van der Waals surface area contributed by atoms with Gasteiger partial charge in [-0.1, -0.05) is 0 Å². The number of aromatic nitrogens is 1. The first-order valence-electron chi connectivity index (χ1n) is 4.71. The quantitative estimate of drug-likeness (QED) is 0.500. The summed E-state index contributed by atoms with van der Waals surface area (Å²) in [5, 5.41) is 3.15. The Bertz CT molecular complexity index is 346. The maximum Gasteiger partial charge on any atom is 0.189 e. The molecule has 0 bridgehead atoms. The van der Waals surface area contributed by atoms with Crippen molar-refractivity contribution in [2.45, 2.75) is 32.4 Å². The fraction of sp³-hybridized carbons (Fsp3) is 0.556. The maximum absolute atomic E-state index is 5.70. The predicted molar refractivity (Wildman–Crippen MR) is 73.8 cm³/mol. The molecule has 6 heteroatoms. The molecule has 3 N–H and O–H groups in total. The molecule has 1 aliphatic carbocycles. The van der Waals surface area contributed by atoms with Crippen LogP contribution in [-0.4, -0.2) is 17.0 Å². The summed E-state index contributed by atoms with van der Waals surface area (Å²) in [7, 11) is 0. The molecule has 0 atom stereocenters. The van der Waals surface area contributed by atoms with Gasteiger partial charge in [0.05, 0.1) is 17.7 Å². The van der Waals surface area contributed by atoms with Crippen LogP contribution in [0.1, 0.15) is 23.4 Å². The maximum atomic E-state index is 5.70. The van der Waals surface area contributed by atoms with Gasteiger partial charge >= 0.3 is 0 Å². The van der Waals surface area contributed by atoms with Gasteiger partial charge in [0.25, 0.3) is 0 Å². The van der Waals surface area contributed by atoms with Crippen LogP contribution < -0.4 is 11.1 Å². The Morgan fingerprint density at radius 1 is 1.73 bits per heavy atom. The first kappa shape index (κ1) is 12.7. The molecule has 1 aliphatic rings. The number of halogens is 1. The number of hydrogen-bond acceptors (Lipinski definition) is 3. The zero-order chi connectivity index (χ0) is 9.97. The highest BCUT2D eigenvalue weighted by Gasteiger charge is 2.21. The molecule has 1 aromatic heterocycles. The number of thiazole rings is 1. The second-order valence-corrected chi connectivity index (χ2v) is 4.42. The molecule has 84 valence electrons. The summed E-state index contributed by atoms with van der Waals surface area (Å²) in [6.45, 7) is 2.63. The zero-order valence-electron chi connectivity index (χ0n) is 8.56. The minimum Gasteiger partial charge on any atom is -0.370 e. The van der Waals surface area contributed by atoms with Gasteiger partial charge < -0.3 is 11.1 Å². The molecule has 1 saturated carbocycles. The van der Waals surface area contributed by atoms with Crippen LogP contribution in [0, 0.1) is 6.92 Å². The molecule has 1 fully saturated rings. The predicted octanol–water partition coefficient (Wildman–Crippen LogP) is 1.64. The first-order chi connectivity index (χ1) is 6.75. The van der Waals surface area contributed by atoms with Gasteiger partial charge in [0.15, 0.2) is 5.96 Å². The van der Waals surface area contributed by atoms with Gasteiger partial charge in [-0.15, -0.1) is 35.3 Å². The summed E-state index contributed by atoms with van der Waals surface area (Å²) in [6, 6.07) is 0.571. The molecule has 0 unspecified atom stereocenters. The third-order valence-electron chi connectivity index (χ3n) is 2.17. The Balaban J connectivity index is 0.00000112. The van der Waals surface area contributed by atoms with Crippen molar-refractivity contribution in [2.24, 2.45) is 10.7 Å². The van der Waals surface area contributed by atoms with Crippen LogP contribution >= 0.6 is 35.3 Å². The summed E-state index contributed by atoms with van der Waals surface area (Å²) in [5.41, 5.74) is 8.60. The molecule has 0 spiro atoms. The lowest BCUT2D eigenvalue weighted by atomic mass is 10.4. The fourth-order valence-electron chi connectivity index (χ4n) is 1.12. The van der Waals surface area contributed by atoms with Gasteiger partial charge in [-0.2, -0.15) is 0 Å². The van der Waals surface area contributed by atoms with E-state index in [1.54, 1.807) is 11.3 Å². The van der Waals surface area contributed by atoms with Crippen LogP contribution in [0.4, 0.5) is 0 Å². The molecule has 1 heterocycles. The second kappa shape index (κ2) is 5.64. The monoisotopic (exact) mass is 338 g/mol. The van der Waals surface area contributed by atoms with Crippen molar-refractivity contribution >= 4 is 41.3 Å². The Morgan fingerprint density at radius 2 is 2.47 bits per heavy atom. The fourth-order valence-corrected chi connectivity index (χ4v) is 1.82. The molecule has 4 nitrogen and oxygen atoms in total. The van der Waals surface area contributed by atoms with Crippen molar-refractivity contribution < 1.29 is 0 Å². The van der Waals surface area contributed by atoms with Gasteiger partial charge in [-0.25, -0.2) is 9.98 Å². The Morgan fingerprint density at radius 3 is 3.00 bits per heavy atom. The van der Waals surface area contributed by atoms with E-state index in [2.05, 4.69) is 15.3 Å². The highest BCUT2D eigenvalue weighted by Crippen LogP contribution is 2.18. The molecular formula is C9H15IN4S. The van der Waals surface area contributed by atoms with Crippen molar-refractivity contribution in [1.82, 2.24) is 10.3 Å². The lowest BCUT2D eigenvalue weighted by Gasteiger charge is -2.01. The third-order valence-corrected chi connectivity index (χ3v) is 3.09. The molecule has 0 radical (unpaired) electrons. The van der Waals surface area contributed by atoms with Crippen LogP contribution in [-0.2, 0) is 6.54 Å². The van der Waals surface area contributed by atoms with Crippen molar-refractivity contribution in [3.8, 4) is 0 Å². The average Bonchev–Trinajstić information content (AvgIpc) is 2.86. The van der Waals surface area contributed by atoms with Gasteiger partial charge in [0.1, 0.15) is 0 Å². The van der Waals surface area contributed by atoms with Crippen molar-refractivity contribution in [1.29, 1.82) is 0 Å². The number of nitrogens with one attached hydrogen (secondary N) is 1. The van der Waals surface area contributed by atoms with E-state index in [4.69, 9.17) is 5.73 Å². The van der Waals surface area contributed by atoms with Crippen LogP contribution in [0.2, 0.25) is 0 Å². The van der Waals surface area contributed by atoms with E-state index in [9.17, 15) is 0 Å². The van der Waals surface area contributed by atoms with E-state index in [0.717, 1.165) is 5.69 Å². The van der Waals surface area contributed by atoms with Crippen LogP contribution in [0.25, 0.3) is 0 Å². The Hall–Kier alpha value is -0.370. The van der Waals surface area contributed by atoms with Crippen LogP contribution in [0.5, 0.6) is 0 Å². The number of hydrogen-bond donors (Lipinski definition) is 2. The van der Waals surface area contributed by atoms with Crippen LogP contribution in [0.3, 0.4) is 0 Å². The van der Waals surface area contributed by atoms with Crippen molar-refractivity contribution in [2.75, 3.05) is 0 Å². The van der Waals surface area contributed by atoms with E-state index in [1.165, 1.54) is 17.7 Å². The number of rotatable bonds is 3. The summed E-state index contributed by atoms with van der Waals surface area (Å²) < 4.78 is 0. The lowest BCUT2D eigenvalue weighted by Crippen LogP contribution is -2.33. The van der Waals surface area contributed by atoms with Crippen molar-refractivity contribution in [3.63, 3.8) is 0 Å². The smallest absolute Gasteiger partial charge is 0.189 e. The Labute approximate surface area is 110 Å². The minimum absolute atomic E-state index is 0. The molecule has 2 rings (SSSR count). The zero-order valence-corrected chi connectivity index (χ0v) is 11.7. The molecule has 1 aromatic rings. The van der Waals surface area contributed by atoms with E-state index < -0.39 is 0 Å². The number of aliphatic imine (C=N–C) groups is 1. The van der Waals surface area contributed by atoms with E-state index in [0.29, 0.717) is 18.5 Å². The number of nitrogens with zero attached hydrogens (tertiary/aromatic N) is 2. The van der Waals surface area contributed by atoms with Gasteiger partial charge in [-0.05, 0) is 19.8 Å². The lowest BCUT2D eigenvalue weighted by molar-refractivity contribution is 0.879. The SMILES string of the molecule is Cc1ncsc1CN=C(N)NC1CC1.I. The number of aryl methyl sites for hydroxylation is 1. The number of nitrogens with two attached hydrogens (primary N) is 1. The third kappa shape index (κ3) is 3.94. The van der Waals surface area contributed by atoms with Gasteiger partial charge in [0, 0.05) is 10.9 Å². The summed E-state index contributed by atoms with van der Waals surface area (Å²) in [5.74, 6) is 0.556. The van der Waals surface area contributed by atoms with E-state index in [-0.39, 0.29) is 24.0 Å². The summed E-state index contributed by atoms with van der Waals surface area (Å²) in [4.78, 5) is 9.60. The molecular weight excluding hydrogens is 323 g/mol. The normalized spacial score (nSPS) is 15.9. The van der Waals surface area contributed by atoms with Gasteiger partial charge in [-0.3, -0.25) is 0 Å². The van der Waals surface area contributed by atoms with Gasteiger partial charge in [0.2, 0.25) is 0 Å². The largest absolute Gasteiger partial charge is 0.370 e. The molecule has 0 saturated heterocycles. The molecule has 15 heavy (non-hydrogen) atoms. The number of guanidine groups is 1. The molecule has 0 aliphatic heterocycles. The highest BCUT2D eigenvalue weighted by molar-refractivity contribution is 14.0. The molecule has 0 aromatic carbocycles.